The quantitative estimate of drug-likeness (QED) is 0.459. The van der Waals surface area contributed by atoms with Crippen LogP contribution in [0.15, 0.2) is 71.3 Å². The fraction of sp³-hybridized carbons (Fsp3) is 0.174. The van der Waals surface area contributed by atoms with Crippen molar-refractivity contribution in [3.05, 3.63) is 77.0 Å². The van der Waals surface area contributed by atoms with Gasteiger partial charge in [-0.25, -0.2) is 0 Å². The molecule has 1 aliphatic rings. The van der Waals surface area contributed by atoms with Crippen LogP contribution in [0.3, 0.4) is 0 Å². The van der Waals surface area contributed by atoms with Crippen LogP contribution in [0.1, 0.15) is 18.5 Å². The van der Waals surface area contributed by atoms with Gasteiger partial charge in [0.25, 0.3) is 0 Å². The molecule has 2 aromatic carbocycles. The second-order valence-corrected chi connectivity index (χ2v) is 7.58. The van der Waals surface area contributed by atoms with Crippen molar-refractivity contribution in [1.29, 1.82) is 0 Å². The minimum atomic E-state index is -4.62. The number of hydrogen-bond donors (Lipinski definition) is 2. The number of phenolic OH excluding ortho intramolecular Hbond substituents is 1. The van der Waals surface area contributed by atoms with E-state index in [1.165, 1.54) is 12.1 Å². The van der Waals surface area contributed by atoms with E-state index in [-0.39, 0.29) is 22.6 Å². The fourth-order valence-electron chi connectivity index (χ4n) is 3.38. The highest BCUT2D eigenvalue weighted by Crippen LogP contribution is 2.43. The van der Waals surface area contributed by atoms with Crippen LogP contribution >= 0.6 is 11.6 Å². The first-order chi connectivity index (χ1) is 14.8. The van der Waals surface area contributed by atoms with Crippen molar-refractivity contribution in [2.24, 2.45) is 0 Å². The third-order valence-electron chi connectivity index (χ3n) is 4.95. The number of nitrogens with one attached hydrogen (secondary N) is 1. The molecule has 160 valence electrons. The molecule has 0 atom stereocenters. The van der Waals surface area contributed by atoms with Gasteiger partial charge in [0, 0.05) is 22.2 Å². The molecule has 8 heteroatoms. The summed E-state index contributed by atoms with van der Waals surface area (Å²) in [4.78, 5) is 0. The number of alkyl halides is 3. The maximum Gasteiger partial charge on any atom is 0.433 e. The van der Waals surface area contributed by atoms with Gasteiger partial charge in [0.15, 0.2) is 0 Å². The molecular weight excluding hydrogens is 429 g/mol. The predicted octanol–water partition coefficient (Wildman–Crippen LogP) is 6.69. The molecule has 0 saturated heterocycles. The average Bonchev–Trinajstić information content (AvgIpc) is 3.19. The maximum atomic E-state index is 13.6. The van der Waals surface area contributed by atoms with Crippen LogP contribution in [0, 0.1) is 0 Å². The van der Waals surface area contributed by atoms with Gasteiger partial charge >= 0.3 is 6.18 Å². The molecule has 0 saturated carbocycles. The van der Waals surface area contributed by atoms with E-state index >= 15 is 0 Å². The molecule has 0 radical (unpaired) electrons. The molecule has 4 rings (SSSR count). The Morgan fingerprint density at radius 3 is 2.48 bits per heavy atom. The fourth-order valence-corrected chi connectivity index (χ4v) is 3.54. The van der Waals surface area contributed by atoms with E-state index in [0.717, 1.165) is 23.4 Å². The largest absolute Gasteiger partial charge is 0.507 e. The maximum absolute atomic E-state index is 13.6. The molecule has 0 fully saturated rings. The normalized spacial score (nSPS) is 14.2. The van der Waals surface area contributed by atoms with E-state index in [1.54, 1.807) is 36.4 Å². The third kappa shape index (κ3) is 4.61. The Morgan fingerprint density at radius 1 is 1.06 bits per heavy atom. The van der Waals surface area contributed by atoms with Crippen molar-refractivity contribution in [2.45, 2.75) is 19.0 Å². The summed E-state index contributed by atoms with van der Waals surface area (Å²) in [7, 11) is 0. The van der Waals surface area contributed by atoms with Gasteiger partial charge in [-0.15, -0.1) is 0 Å². The summed E-state index contributed by atoms with van der Waals surface area (Å²) in [5.74, 6) is 0.172. The summed E-state index contributed by atoms with van der Waals surface area (Å²) < 4.78 is 46.4. The van der Waals surface area contributed by atoms with Gasteiger partial charge < -0.3 is 9.84 Å². The lowest BCUT2D eigenvalue weighted by Gasteiger charge is -2.14. The number of H-pyrrole nitrogens is 1. The number of halogens is 4. The van der Waals surface area contributed by atoms with Crippen molar-refractivity contribution in [3.8, 4) is 33.9 Å². The first kappa shape index (κ1) is 21.1. The van der Waals surface area contributed by atoms with E-state index in [0.29, 0.717) is 17.9 Å². The Balaban J connectivity index is 1.65. The van der Waals surface area contributed by atoms with Gasteiger partial charge in [-0.1, -0.05) is 48.0 Å². The summed E-state index contributed by atoms with van der Waals surface area (Å²) in [6.07, 6.45) is 0.636. The number of aromatic nitrogens is 2. The lowest BCUT2D eigenvalue weighted by molar-refractivity contribution is -0.140. The van der Waals surface area contributed by atoms with Gasteiger partial charge in [-0.05, 0) is 42.2 Å². The number of nitrogens with zero attached hydrogens (tertiary/aromatic N) is 1. The summed E-state index contributed by atoms with van der Waals surface area (Å²) in [5, 5.41) is 17.3. The standard InChI is InChI=1S/C23H18ClF3N2O2/c24-16-8-6-14(7-9-16)13-31-17-10-11-18(19(30)12-17)21-20(15-4-2-1-3-5-15)22(29-28-21)23(25,26)27/h1-6,8,10-12,30H,7,9,13H2,(H,28,29). The van der Waals surface area contributed by atoms with Crippen LogP contribution in [-0.2, 0) is 6.18 Å². The van der Waals surface area contributed by atoms with E-state index in [2.05, 4.69) is 10.2 Å². The van der Waals surface area contributed by atoms with Crippen LogP contribution < -0.4 is 4.74 Å². The van der Waals surface area contributed by atoms with E-state index < -0.39 is 11.9 Å². The van der Waals surface area contributed by atoms with Crippen LogP contribution in [0.2, 0.25) is 0 Å². The summed E-state index contributed by atoms with van der Waals surface area (Å²) in [6, 6.07) is 12.6. The van der Waals surface area contributed by atoms with Crippen molar-refractivity contribution >= 4 is 11.6 Å². The zero-order chi connectivity index (χ0) is 22.0. The highest BCUT2D eigenvalue weighted by molar-refractivity contribution is 6.29. The van der Waals surface area contributed by atoms with Crippen LogP contribution in [0.4, 0.5) is 13.2 Å². The van der Waals surface area contributed by atoms with Crippen LogP contribution in [0.5, 0.6) is 11.5 Å². The number of aromatic amines is 1. The summed E-state index contributed by atoms with van der Waals surface area (Å²) >= 11 is 5.95. The SMILES string of the molecule is Oc1cc(OCC2=CC=C(Cl)CC2)ccc1-c1n[nH]c(C(F)(F)F)c1-c1ccccc1. The number of ether oxygens (including phenoxy) is 1. The summed E-state index contributed by atoms with van der Waals surface area (Å²) in [5.41, 5.74) is 0.495. The monoisotopic (exact) mass is 446 g/mol. The van der Waals surface area contributed by atoms with Crippen molar-refractivity contribution in [2.75, 3.05) is 6.61 Å². The second kappa shape index (κ2) is 8.51. The number of phenols is 1. The Labute approximate surface area is 181 Å². The Hall–Kier alpha value is -3.19. The van der Waals surface area contributed by atoms with Crippen molar-refractivity contribution in [1.82, 2.24) is 10.2 Å². The molecule has 1 aliphatic carbocycles. The van der Waals surface area contributed by atoms with E-state index in [9.17, 15) is 18.3 Å². The van der Waals surface area contributed by atoms with Gasteiger partial charge in [0.1, 0.15) is 29.5 Å². The van der Waals surface area contributed by atoms with Crippen molar-refractivity contribution in [3.63, 3.8) is 0 Å². The number of hydrogen-bond acceptors (Lipinski definition) is 3. The molecule has 1 aromatic heterocycles. The molecule has 0 unspecified atom stereocenters. The molecule has 3 aromatic rings. The van der Waals surface area contributed by atoms with Gasteiger partial charge in [0.05, 0.1) is 0 Å². The highest BCUT2D eigenvalue weighted by Gasteiger charge is 2.38. The molecule has 1 heterocycles. The third-order valence-corrected chi connectivity index (χ3v) is 5.26. The zero-order valence-corrected chi connectivity index (χ0v) is 17.0. The molecule has 31 heavy (non-hydrogen) atoms. The predicted molar refractivity (Wildman–Crippen MR) is 113 cm³/mol. The van der Waals surface area contributed by atoms with E-state index in [1.807, 2.05) is 12.2 Å². The topological polar surface area (TPSA) is 58.1 Å². The Morgan fingerprint density at radius 2 is 1.84 bits per heavy atom. The number of allylic oxidation sites excluding steroid dienone is 3. The molecule has 4 nitrogen and oxygen atoms in total. The Bertz CT molecular complexity index is 1150. The smallest absolute Gasteiger partial charge is 0.433 e. The molecule has 0 aliphatic heterocycles. The Kier molecular flexibility index (Phi) is 5.78. The average molecular weight is 447 g/mol. The van der Waals surface area contributed by atoms with Crippen LogP contribution in [0.25, 0.3) is 22.4 Å². The van der Waals surface area contributed by atoms with E-state index in [4.69, 9.17) is 16.3 Å². The van der Waals surface area contributed by atoms with Gasteiger partial charge in [-0.3, -0.25) is 5.10 Å². The van der Waals surface area contributed by atoms with Crippen LogP contribution in [-0.4, -0.2) is 21.9 Å². The summed E-state index contributed by atoms with van der Waals surface area (Å²) in [6.45, 7) is 0.329. The lowest BCUT2D eigenvalue weighted by Crippen LogP contribution is -2.07. The molecule has 0 bridgehead atoms. The second-order valence-electron chi connectivity index (χ2n) is 7.09. The minimum Gasteiger partial charge on any atom is -0.507 e. The molecule has 0 amide bonds. The van der Waals surface area contributed by atoms with Gasteiger partial charge in [-0.2, -0.15) is 18.3 Å². The number of aromatic hydroxyl groups is 1. The molecular formula is C23H18ClF3N2O2. The van der Waals surface area contributed by atoms with Gasteiger partial charge in [0.2, 0.25) is 0 Å². The molecule has 2 N–H and O–H groups in total. The number of rotatable bonds is 5. The number of benzene rings is 2. The van der Waals surface area contributed by atoms with Crippen molar-refractivity contribution < 1.29 is 23.0 Å². The minimum absolute atomic E-state index is 0.0114. The molecule has 0 spiro atoms. The first-order valence-electron chi connectivity index (χ1n) is 9.54. The highest BCUT2D eigenvalue weighted by atomic mass is 35.5. The zero-order valence-electron chi connectivity index (χ0n) is 16.2. The first-order valence-corrected chi connectivity index (χ1v) is 9.92. The lowest BCUT2D eigenvalue weighted by atomic mass is 9.98.